The molecule has 1 aromatic carbocycles. The summed E-state index contributed by atoms with van der Waals surface area (Å²) < 4.78 is 10.6. The van der Waals surface area contributed by atoms with Crippen LogP contribution < -0.4 is 0 Å². The van der Waals surface area contributed by atoms with Gasteiger partial charge in [0.1, 0.15) is 6.04 Å². The molecule has 0 radical (unpaired) electrons. The number of ether oxygens (including phenoxy) is 2. The van der Waals surface area contributed by atoms with Gasteiger partial charge in [-0.25, -0.2) is 4.79 Å². The summed E-state index contributed by atoms with van der Waals surface area (Å²) in [7, 11) is 1.48. The average molecular weight is 332 g/mol. The lowest BCUT2D eigenvalue weighted by Gasteiger charge is -2.42. The molecule has 0 N–H and O–H groups in total. The highest BCUT2D eigenvalue weighted by molar-refractivity contribution is 5.78. The van der Waals surface area contributed by atoms with Crippen LogP contribution in [0.2, 0.25) is 0 Å². The maximum absolute atomic E-state index is 12.5. The fourth-order valence-corrected chi connectivity index (χ4v) is 3.89. The molecular formula is C19H28N2O3. The third-order valence-electron chi connectivity index (χ3n) is 5.33. The quantitative estimate of drug-likeness (QED) is 0.789. The Morgan fingerprint density at radius 1 is 1.17 bits per heavy atom. The molecule has 2 heterocycles. The number of carbonyl (C=O) groups is 1. The number of carbonyl (C=O) groups excluding carboxylic acids is 1. The minimum Gasteiger partial charge on any atom is -0.468 e. The van der Waals surface area contributed by atoms with E-state index in [1.165, 1.54) is 7.11 Å². The van der Waals surface area contributed by atoms with Crippen molar-refractivity contribution in [2.24, 2.45) is 0 Å². The SMILES string of the molecule is COC(=O)[C@H](c1ccccc1C)N1CCN(C2CCOCC2)CC1. The summed E-state index contributed by atoms with van der Waals surface area (Å²) >= 11 is 0. The zero-order valence-corrected chi connectivity index (χ0v) is 14.7. The van der Waals surface area contributed by atoms with Crippen molar-refractivity contribution in [1.29, 1.82) is 0 Å². The molecule has 0 spiro atoms. The molecule has 1 atom stereocenters. The minimum atomic E-state index is -0.298. The first kappa shape index (κ1) is 17.4. The van der Waals surface area contributed by atoms with Crippen molar-refractivity contribution in [1.82, 2.24) is 9.80 Å². The molecule has 0 aliphatic carbocycles. The van der Waals surface area contributed by atoms with E-state index in [0.717, 1.165) is 63.4 Å². The first-order valence-electron chi connectivity index (χ1n) is 8.90. The van der Waals surface area contributed by atoms with Gasteiger partial charge in [-0.15, -0.1) is 0 Å². The van der Waals surface area contributed by atoms with Crippen molar-refractivity contribution in [3.05, 3.63) is 35.4 Å². The molecule has 132 valence electrons. The van der Waals surface area contributed by atoms with E-state index < -0.39 is 0 Å². The van der Waals surface area contributed by atoms with Crippen molar-refractivity contribution >= 4 is 5.97 Å². The molecule has 1 aromatic rings. The summed E-state index contributed by atoms with van der Waals surface area (Å²) in [6, 6.07) is 8.45. The van der Waals surface area contributed by atoms with Gasteiger partial charge < -0.3 is 9.47 Å². The van der Waals surface area contributed by atoms with Crippen LogP contribution in [0.5, 0.6) is 0 Å². The van der Waals surface area contributed by atoms with Gasteiger partial charge in [-0.2, -0.15) is 0 Å². The van der Waals surface area contributed by atoms with E-state index in [0.29, 0.717) is 6.04 Å². The Bertz CT molecular complexity index is 549. The normalized spacial score (nSPS) is 22.2. The predicted molar refractivity (Wildman–Crippen MR) is 92.9 cm³/mol. The molecule has 0 saturated carbocycles. The lowest BCUT2D eigenvalue weighted by Crippen LogP contribution is -2.53. The van der Waals surface area contributed by atoms with Crippen LogP contribution in [0, 0.1) is 6.92 Å². The standard InChI is InChI=1S/C19H28N2O3/c1-15-5-3-4-6-17(15)18(19(22)23-2)21-11-9-20(10-12-21)16-7-13-24-14-8-16/h3-6,16,18H,7-14H2,1-2H3/t18-/m0/s1. The molecule has 0 bridgehead atoms. The second-order valence-corrected chi connectivity index (χ2v) is 6.70. The minimum absolute atomic E-state index is 0.163. The van der Waals surface area contributed by atoms with Gasteiger partial charge in [0.05, 0.1) is 7.11 Å². The highest BCUT2D eigenvalue weighted by Crippen LogP contribution is 2.27. The Kier molecular flexibility index (Phi) is 5.87. The number of esters is 1. The predicted octanol–water partition coefficient (Wildman–Crippen LogP) is 2.01. The molecular weight excluding hydrogens is 304 g/mol. The highest BCUT2D eigenvalue weighted by Gasteiger charge is 2.33. The number of hydrogen-bond acceptors (Lipinski definition) is 5. The number of nitrogens with zero attached hydrogens (tertiary/aromatic N) is 2. The summed E-state index contributed by atoms with van der Waals surface area (Å²) in [6.45, 7) is 7.60. The average Bonchev–Trinajstić information content (AvgIpc) is 2.64. The third-order valence-corrected chi connectivity index (χ3v) is 5.33. The van der Waals surface area contributed by atoms with Gasteiger partial charge in [0.25, 0.3) is 0 Å². The van der Waals surface area contributed by atoms with Crippen molar-refractivity contribution in [3.63, 3.8) is 0 Å². The Balaban J connectivity index is 1.69. The molecule has 0 amide bonds. The van der Waals surface area contributed by atoms with Crippen molar-refractivity contribution in [2.45, 2.75) is 31.8 Å². The molecule has 2 aliphatic heterocycles. The van der Waals surface area contributed by atoms with Gasteiger partial charge in [-0.1, -0.05) is 24.3 Å². The number of aryl methyl sites for hydroxylation is 1. The van der Waals surface area contributed by atoms with E-state index in [1.807, 2.05) is 18.2 Å². The summed E-state index contributed by atoms with van der Waals surface area (Å²) in [5, 5.41) is 0. The maximum Gasteiger partial charge on any atom is 0.327 e. The zero-order valence-electron chi connectivity index (χ0n) is 14.7. The molecule has 2 fully saturated rings. The van der Waals surface area contributed by atoms with Gasteiger partial charge >= 0.3 is 5.97 Å². The summed E-state index contributed by atoms with van der Waals surface area (Å²) in [4.78, 5) is 17.3. The first-order chi connectivity index (χ1) is 11.7. The van der Waals surface area contributed by atoms with Crippen molar-refractivity contribution in [2.75, 3.05) is 46.5 Å². The summed E-state index contributed by atoms with van der Waals surface area (Å²) in [5.41, 5.74) is 2.20. The molecule has 2 saturated heterocycles. The summed E-state index contributed by atoms with van der Waals surface area (Å²) in [5.74, 6) is -0.163. The smallest absolute Gasteiger partial charge is 0.327 e. The van der Waals surface area contributed by atoms with E-state index in [4.69, 9.17) is 9.47 Å². The van der Waals surface area contributed by atoms with E-state index in [2.05, 4.69) is 22.8 Å². The molecule has 24 heavy (non-hydrogen) atoms. The topological polar surface area (TPSA) is 42.0 Å². The second-order valence-electron chi connectivity index (χ2n) is 6.70. The van der Waals surface area contributed by atoms with Crippen LogP contribution >= 0.6 is 0 Å². The highest BCUT2D eigenvalue weighted by atomic mass is 16.5. The van der Waals surface area contributed by atoms with Gasteiger partial charge in [0, 0.05) is 45.4 Å². The summed E-state index contributed by atoms with van der Waals surface area (Å²) in [6.07, 6.45) is 2.25. The van der Waals surface area contributed by atoms with Gasteiger partial charge in [0.2, 0.25) is 0 Å². The van der Waals surface area contributed by atoms with Crippen molar-refractivity contribution < 1.29 is 14.3 Å². The monoisotopic (exact) mass is 332 g/mol. The van der Waals surface area contributed by atoms with Crippen LogP contribution in [0.25, 0.3) is 0 Å². The molecule has 0 aromatic heterocycles. The van der Waals surface area contributed by atoms with Gasteiger partial charge in [-0.05, 0) is 30.9 Å². The molecule has 2 aliphatic rings. The number of methoxy groups -OCH3 is 1. The Hall–Kier alpha value is -1.43. The fourth-order valence-electron chi connectivity index (χ4n) is 3.89. The Labute approximate surface area is 144 Å². The van der Waals surface area contributed by atoms with Crippen LogP contribution in [0.15, 0.2) is 24.3 Å². The fraction of sp³-hybridized carbons (Fsp3) is 0.632. The number of rotatable bonds is 4. The van der Waals surface area contributed by atoms with Crippen LogP contribution in [0.3, 0.4) is 0 Å². The third kappa shape index (κ3) is 3.79. The molecule has 5 nitrogen and oxygen atoms in total. The maximum atomic E-state index is 12.5. The molecule has 3 rings (SSSR count). The van der Waals surface area contributed by atoms with Crippen LogP contribution in [-0.2, 0) is 14.3 Å². The van der Waals surface area contributed by atoms with E-state index in [9.17, 15) is 4.79 Å². The van der Waals surface area contributed by atoms with Crippen molar-refractivity contribution in [3.8, 4) is 0 Å². The van der Waals surface area contributed by atoms with Crippen LogP contribution in [0.1, 0.15) is 30.0 Å². The Morgan fingerprint density at radius 2 is 1.83 bits per heavy atom. The van der Waals surface area contributed by atoms with Gasteiger partial charge in [-0.3, -0.25) is 9.80 Å². The largest absolute Gasteiger partial charge is 0.468 e. The molecule has 5 heteroatoms. The zero-order chi connectivity index (χ0) is 16.9. The van der Waals surface area contributed by atoms with E-state index >= 15 is 0 Å². The second kappa shape index (κ2) is 8.10. The van der Waals surface area contributed by atoms with Crippen LogP contribution in [0.4, 0.5) is 0 Å². The number of benzene rings is 1. The number of hydrogen-bond donors (Lipinski definition) is 0. The Morgan fingerprint density at radius 3 is 2.46 bits per heavy atom. The van der Waals surface area contributed by atoms with Crippen LogP contribution in [-0.4, -0.2) is 68.3 Å². The lowest BCUT2D eigenvalue weighted by atomic mass is 9.98. The van der Waals surface area contributed by atoms with E-state index in [1.54, 1.807) is 0 Å². The first-order valence-corrected chi connectivity index (χ1v) is 8.90. The number of piperazine rings is 1. The lowest BCUT2D eigenvalue weighted by molar-refractivity contribution is -0.148. The van der Waals surface area contributed by atoms with E-state index in [-0.39, 0.29) is 12.0 Å². The van der Waals surface area contributed by atoms with Gasteiger partial charge in [0.15, 0.2) is 0 Å². The molecule has 0 unspecified atom stereocenters.